The predicted octanol–water partition coefficient (Wildman–Crippen LogP) is 8.21. The summed E-state index contributed by atoms with van der Waals surface area (Å²) in [5, 5.41) is 0. The average Bonchev–Trinajstić information content (AvgIpc) is 3.07. The predicted molar refractivity (Wildman–Crippen MR) is 136 cm³/mol. The topological polar surface area (TPSA) is 26.3 Å². The molecule has 0 radical (unpaired) electrons. The molecule has 0 aromatic heterocycles. The summed E-state index contributed by atoms with van der Waals surface area (Å²) in [5.74, 6) is 4.90. The highest BCUT2D eigenvalue weighted by Crippen LogP contribution is 2.72. The Bertz CT molecular complexity index is 838. The molecule has 0 saturated heterocycles. The zero-order valence-corrected chi connectivity index (χ0v) is 22.8. The van der Waals surface area contributed by atoms with E-state index in [1.165, 1.54) is 51.4 Å². The van der Waals surface area contributed by atoms with E-state index in [4.69, 9.17) is 4.74 Å². The lowest BCUT2D eigenvalue weighted by Gasteiger charge is -2.66. The van der Waals surface area contributed by atoms with E-state index in [0.717, 1.165) is 36.0 Å². The van der Waals surface area contributed by atoms with Gasteiger partial charge in [0.15, 0.2) is 0 Å². The van der Waals surface area contributed by atoms with Crippen molar-refractivity contribution in [3.8, 4) is 0 Å². The van der Waals surface area contributed by atoms with E-state index >= 15 is 0 Å². The van der Waals surface area contributed by atoms with Gasteiger partial charge in [-0.25, -0.2) is 0 Å². The van der Waals surface area contributed by atoms with E-state index in [2.05, 4.69) is 54.5 Å². The third kappa shape index (κ3) is 3.27. The Labute approximate surface area is 203 Å². The molecule has 33 heavy (non-hydrogen) atoms. The number of fused-ring (bicyclic) bond motifs is 7. The van der Waals surface area contributed by atoms with Crippen LogP contribution in [-0.2, 0) is 9.53 Å². The molecule has 5 aliphatic rings. The maximum atomic E-state index is 11.8. The first-order chi connectivity index (χ1) is 15.3. The van der Waals surface area contributed by atoms with Crippen LogP contribution in [0.3, 0.4) is 0 Å². The summed E-state index contributed by atoms with van der Waals surface area (Å²) in [4.78, 5) is 11.8. The Kier molecular flexibility index (Phi) is 5.51. The van der Waals surface area contributed by atoms with Crippen molar-refractivity contribution in [3.05, 3.63) is 11.6 Å². The van der Waals surface area contributed by atoms with E-state index < -0.39 is 0 Å². The summed E-state index contributed by atoms with van der Waals surface area (Å²) < 4.78 is 5.88. The molecule has 0 N–H and O–H groups in total. The van der Waals surface area contributed by atoms with Crippen LogP contribution in [0.2, 0.25) is 0 Å². The summed E-state index contributed by atoms with van der Waals surface area (Å²) in [6.07, 6.45) is 14.8. The van der Waals surface area contributed by atoms with Crippen LogP contribution >= 0.6 is 0 Å². The molecule has 2 nitrogen and oxygen atoms in total. The molecular formula is C31H50O2. The highest BCUT2D eigenvalue weighted by molar-refractivity contribution is 5.66. The van der Waals surface area contributed by atoms with Gasteiger partial charge >= 0.3 is 5.97 Å². The summed E-state index contributed by atoms with van der Waals surface area (Å²) in [6.45, 7) is 19.2. The van der Waals surface area contributed by atoms with Gasteiger partial charge < -0.3 is 4.74 Å². The minimum absolute atomic E-state index is 0.0387. The molecule has 4 saturated carbocycles. The summed E-state index contributed by atoms with van der Waals surface area (Å²) in [6, 6.07) is 0. The lowest BCUT2D eigenvalue weighted by Crippen LogP contribution is -2.59. The van der Waals surface area contributed by atoms with E-state index in [-0.39, 0.29) is 22.9 Å². The molecule has 5 rings (SSSR count). The Morgan fingerprint density at radius 1 is 0.939 bits per heavy atom. The molecule has 186 valence electrons. The van der Waals surface area contributed by atoms with Gasteiger partial charge in [-0.1, -0.05) is 60.1 Å². The van der Waals surface area contributed by atoms with Crippen LogP contribution in [0.5, 0.6) is 0 Å². The van der Waals surface area contributed by atoms with Gasteiger partial charge in [0.2, 0.25) is 0 Å². The maximum Gasteiger partial charge on any atom is 0.302 e. The van der Waals surface area contributed by atoms with Crippen molar-refractivity contribution in [2.75, 3.05) is 0 Å². The van der Waals surface area contributed by atoms with Crippen molar-refractivity contribution in [3.63, 3.8) is 0 Å². The van der Waals surface area contributed by atoms with Crippen molar-refractivity contribution >= 4 is 5.97 Å². The molecule has 9 unspecified atom stereocenters. The highest BCUT2D eigenvalue weighted by atomic mass is 16.5. The number of carbonyl (C=O) groups excluding carboxylic acids is 1. The minimum atomic E-state index is -0.112. The second kappa shape index (κ2) is 7.60. The van der Waals surface area contributed by atoms with Crippen molar-refractivity contribution in [1.29, 1.82) is 0 Å². The van der Waals surface area contributed by atoms with E-state index in [0.29, 0.717) is 16.7 Å². The van der Waals surface area contributed by atoms with E-state index in [1.54, 1.807) is 6.92 Å². The van der Waals surface area contributed by atoms with Crippen molar-refractivity contribution in [2.24, 2.45) is 57.2 Å². The van der Waals surface area contributed by atoms with Gasteiger partial charge in [0.05, 0.1) is 0 Å². The summed E-state index contributed by atoms with van der Waals surface area (Å²) in [7, 11) is 0. The number of ether oxygens (including phenoxy) is 1. The van der Waals surface area contributed by atoms with E-state index in [1.807, 2.05) is 5.57 Å². The zero-order chi connectivity index (χ0) is 24.0. The second-order valence-corrected chi connectivity index (χ2v) is 14.7. The zero-order valence-electron chi connectivity index (χ0n) is 22.8. The van der Waals surface area contributed by atoms with Crippen LogP contribution in [0.4, 0.5) is 0 Å². The molecule has 0 bridgehead atoms. The third-order valence-corrected chi connectivity index (χ3v) is 12.5. The van der Waals surface area contributed by atoms with Gasteiger partial charge in [0.1, 0.15) is 6.10 Å². The molecule has 0 aliphatic heterocycles. The number of esters is 1. The van der Waals surface area contributed by atoms with Gasteiger partial charge in [0.25, 0.3) is 0 Å². The fourth-order valence-corrected chi connectivity index (χ4v) is 11.1. The number of hydrogen-bond donors (Lipinski definition) is 0. The van der Waals surface area contributed by atoms with Gasteiger partial charge in [-0.2, -0.15) is 0 Å². The standard InChI is InChI=1S/C31H50O2/c1-19(2)21-11-15-29(6)16-12-23-22(27(21)29)9-10-25-30(23,7)17-13-24-28(4,5)26(33-20(3)32)14-18-31(24,25)8/h10,19,21-24,26-27H,9,11-18H2,1-8H3. The molecule has 5 aliphatic carbocycles. The molecule has 9 atom stereocenters. The molecular weight excluding hydrogens is 404 g/mol. The van der Waals surface area contributed by atoms with Crippen LogP contribution in [0, 0.1) is 57.2 Å². The molecule has 2 heteroatoms. The number of rotatable bonds is 2. The first-order valence-electron chi connectivity index (χ1n) is 14.2. The SMILES string of the molecule is CC(=O)OC1CCC2(C)C3=CCC4C5C(C(C)C)CCC5(C)CCC4C3(C)CCC2C1(C)C. The molecule has 0 amide bonds. The largest absolute Gasteiger partial charge is 0.462 e. The second-order valence-electron chi connectivity index (χ2n) is 14.7. The van der Waals surface area contributed by atoms with Crippen molar-refractivity contribution in [1.82, 2.24) is 0 Å². The normalized spacial score (nSPS) is 50.5. The summed E-state index contributed by atoms with van der Waals surface area (Å²) >= 11 is 0. The lowest BCUT2D eigenvalue weighted by molar-refractivity contribution is -0.172. The Morgan fingerprint density at radius 3 is 2.27 bits per heavy atom. The van der Waals surface area contributed by atoms with Gasteiger partial charge in [-0.15, -0.1) is 0 Å². The molecule has 0 heterocycles. The number of allylic oxidation sites excluding steroid dienone is 2. The van der Waals surface area contributed by atoms with Crippen LogP contribution in [0.25, 0.3) is 0 Å². The number of hydrogen-bond acceptors (Lipinski definition) is 2. The molecule has 0 spiro atoms. The molecule has 0 aromatic rings. The Hall–Kier alpha value is -0.790. The molecule has 4 fully saturated rings. The fraction of sp³-hybridized carbons (Fsp3) is 0.903. The summed E-state index contributed by atoms with van der Waals surface area (Å²) in [5.41, 5.74) is 3.06. The van der Waals surface area contributed by atoms with Gasteiger partial charge in [-0.3, -0.25) is 4.79 Å². The minimum Gasteiger partial charge on any atom is -0.462 e. The molecule has 0 aromatic carbocycles. The van der Waals surface area contributed by atoms with E-state index in [9.17, 15) is 4.79 Å². The number of carbonyl (C=O) groups is 1. The Balaban J connectivity index is 1.50. The quantitative estimate of drug-likeness (QED) is 0.310. The first kappa shape index (κ1) is 23.9. The van der Waals surface area contributed by atoms with Crippen LogP contribution in [0.15, 0.2) is 11.6 Å². The Morgan fingerprint density at radius 2 is 1.61 bits per heavy atom. The third-order valence-electron chi connectivity index (χ3n) is 12.5. The maximum absolute atomic E-state index is 11.8. The van der Waals surface area contributed by atoms with Crippen LogP contribution in [-0.4, -0.2) is 12.1 Å². The van der Waals surface area contributed by atoms with Gasteiger partial charge in [-0.05, 0) is 110 Å². The lowest BCUT2D eigenvalue weighted by atomic mass is 9.39. The first-order valence-corrected chi connectivity index (χ1v) is 14.2. The van der Waals surface area contributed by atoms with Gasteiger partial charge in [0, 0.05) is 12.3 Å². The van der Waals surface area contributed by atoms with Crippen molar-refractivity contribution < 1.29 is 9.53 Å². The monoisotopic (exact) mass is 454 g/mol. The van der Waals surface area contributed by atoms with Crippen molar-refractivity contribution in [2.45, 2.75) is 119 Å². The van der Waals surface area contributed by atoms with Crippen LogP contribution in [0.1, 0.15) is 113 Å². The van der Waals surface area contributed by atoms with Crippen LogP contribution < -0.4 is 0 Å². The smallest absolute Gasteiger partial charge is 0.302 e. The average molecular weight is 455 g/mol. The fourth-order valence-electron chi connectivity index (χ4n) is 11.1. The highest BCUT2D eigenvalue weighted by Gasteiger charge is 2.64.